The standard InChI is InChI=1S/C34H28Cl2N6O4S/c35-25-7-14-29(30(36)18-25)31-19-41(27-10-12-28(13-11-27)42-21-34(44)39-47(42,45)46)32(38-31)17-22-1-3-23(4-2-22)24-5-8-26(9-6-24)40-16-15-37-33(43)20-40/h1-14,18-19,21,39,44H,15-17,20H2,(H,37,43). The van der Waals surface area contributed by atoms with E-state index in [1.54, 1.807) is 36.4 Å². The number of rotatable bonds is 7. The fraction of sp³-hybridized carbons (Fsp3) is 0.118. The summed E-state index contributed by atoms with van der Waals surface area (Å²) in [5.74, 6) is 0.325. The molecule has 0 unspecified atom stereocenters. The molecule has 5 aromatic rings. The van der Waals surface area contributed by atoms with Crippen molar-refractivity contribution in [2.24, 2.45) is 0 Å². The van der Waals surface area contributed by atoms with E-state index in [2.05, 4.69) is 46.6 Å². The number of piperazine rings is 1. The Balaban J connectivity index is 1.17. The lowest BCUT2D eigenvalue weighted by atomic mass is 10.0. The van der Waals surface area contributed by atoms with Crippen LogP contribution < -0.4 is 19.2 Å². The Morgan fingerprint density at radius 2 is 1.51 bits per heavy atom. The van der Waals surface area contributed by atoms with Crippen LogP contribution in [-0.4, -0.2) is 48.6 Å². The number of imidazole rings is 1. The van der Waals surface area contributed by atoms with Gasteiger partial charge in [-0.25, -0.2) is 14.0 Å². The molecule has 1 aromatic heterocycles. The third-order valence-corrected chi connectivity index (χ3v) is 9.87. The van der Waals surface area contributed by atoms with Crippen LogP contribution >= 0.6 is 23.2 Å². The van der Waals surface area contributed by atoms with Gasteiger partial charge >= 0.3 is 10.2 Å². The molecule has 0 saturated carbocycles. The lowest BCUT2D eigenvalue weighted by Gasteiger charge is -2.28. The largest absolute Gasteiger partial charge is 0.493 e. The van der Waals surface area contributed by atoms with Crippen molar-refractivity contribution in [1.82, 2.24) is 19.6 Å². The summed E-state index contributed by atoms with van der Waals surface area (Å²) in [4.78, 5) is 18.8. The molecule has 0 atom stereocenters. The van der Waals surface area contributed by atoms with E-state index < -0.39 is 16.1 Å². The van der Waals surface area contributed by atoms with Gasteiger partial charge in [0.15, 0.2) is 0 Å². The SMILES string of the molecule is O=C1CN(c2ccc(-c3ccc(Cc4nc(-c5ccc(Cl)cc5Cl)cn4-c4ccc(N5C=C(O)NS5(=O)=O)cc4)cc3)cc2)CCN1. The number of hydrogen-bond donors (Lipinski definition) is 3. The molecule has 47 heavy (non-hydrogen) atoms. The summed E-state index contributed by atoms with van der Waals surface area (Å²) in [5, 5.41) is 13.5. The topological polar surface area (TPSA) is 120 Å². The van der Waals surface area contributed by atoms with Gasteiger partial charge < -0.3 is 19.9 Å². The zero-order valence-electron chi connectivity index (χ0n) is 24.8. The lowest BCUT2D eigenvalue weighted by Crippen LogP contribution is -2.47. The van der Waals surface area contributed by atoms with Crippen molar-refractivity contribution >= 4 is 50.7 Å². The maximum absolute atomic E-state index is 12.4. The first-order valence-electron chi connectivity index (χ1n) is 14.7. The second-order valence-electron chi connectivity index (χ2n) is 11.2. The maximum Gasteiger partial charge on any atom is 0.330 e. The summed E-state index contributed by atoms with van der Waals surface area (Å²) >= 11 is 12.7. The molecule has 1 fully saturated rings. The molecule has 4 aromatic carbocycles. The number of anilines is 2. The second-order valence-corrected chi connectivity index (χ2v) is 13.6. The zero-order chi connectivity index (χ0) is 32.7. The fourth-order valence-electron chi connectivity index (χ4n) is 5.68. The minimum absolute atomic E-state index is 0.0330. The van der Waals surface area contributed by atoms with Crippen molar-refractivity contribution < 1.29 is 18.3 Å². The predicted molar refractivity (Wildman–Crippen MR) is 184 cm³/mol. The van der Waals surface area contributed by atoms with Crippen molar-refractivity contribution in [3.63, 3.8) is 0 Å². The summed E-state index contributed by atoms with van der Waals surface area (Å²) in [7, 11) is -3.91. The Hall–Kier alpha value is -4.97. The highest BCUT2D eigenvalue weighted by atomic mass is 35.5. The van der Waals surface area contributed by atoms with E-state index in [1.165, 1.54) is 0 Å². The maximum atomic E-state index is 12.4. The molecule has 3 N–H and O–H groups in total. The van der Waals surface area contributed by atoms with Crippen LogP contribution in [-0.2, 0) is 21.4 Å². The highest BCUT2D eigenvalue weighted by molar-refractivity contribution is 7.91. The van der Waals surface area contributed by atoms with Gasteiger partial charge in [-0.15, -0.1) is 0 Å². The monoisotopic (exact) mass is 686 g/mol. The molecular formula is C34H28Cl2N6O4S. The number of hydrogen-bond acceptors (Lipinski definition) is 6. The van der Waals surface area contributed by atoms with Gasteiger partial charge in [0.25, 0.3) is 0 Å². The summed E-state index contributed by atoms with van der Waals surface area (Å²) in [6.07, 6.45) is 3.51. The fourth-order valence-corrected chi connectivity index (χ4v) is 7.24. The number of carbonyl (C=O) groups is 1. The van der Waals surface area contributed by atoms with Gasteiger partial charge in [-0.05, 0) is 71.3 Å². The van der Waals surface area contributed by atoms with Gasteiger partial charge in [0, 0.05) is 47.7 Å². The van der Waals surface area contributed by atoms with Gasteiger partial charge in [0.2, 0.25) is 11.8 Å². The normalized spacial score (nSPS) is 15.7. The third kappa shape index (κ3) is 6.37. The molecular weight excluding hydrogens is 659 g/mol. The molecule has 10 nitrogen and oxygen atoms in total. The van der Waals surface area contributed by atoms with Gasteiger partial charge in [-0.3, -0.25) is 4.79 Å². The van der Waals surface area contributed by atoms with Crippen molar-refractivity contribution in [2.75, 3.05) is 28.8 Å². The number of nitrogens with one attached hydrogen (secondary N) is 2. The number of nitrogens with zero attached hydrogens (tertiary/aromatic N) is 4. The molecule has 1 amide bonds. The van der Waals surface area contributed by atoms with E-state index >= 15 is 0 Å². The van der Waals surface area contributed by atoms with Crippen LogP contribution in [0.4, 0.5) is 11.4 Å². The molecule has 13 heteroatoms. The number of amides is 1. The van der Waals surface area contributed by atoms with E-state index in [9.17, 15) is 18.3 Å². The second kappa shape index (κ2) is 12.3. The van der Waals surface area contributed by atoms with Crippen molar-refractivity contribution in [3.05, 3.63) is 131 Å². The smallest absolute Gasteiger partial charge is 0.330 e. The van der Waals surface area contributed by atoms with Crippen molar-refractivity contribution in [1.29, 1.82) is 0 Å². The Morgan fingerprint density at radius 1 is 0.851 bits per heavy atom. The van der Waals surface area contributed by atoms with Gasteiger partial charge in [0.1, 0.15) is 5.82 Å². The van der Waals surface area contributed by atoms with Crippen molar-refractivity contribution in [3.8, 4) is 28.1 Å². The Kier molecular flexibility index (Phi) is 8.04. The number of aromatic nitrogens is 2. The Labute approximate surface area is 281 Å². The molecule has 7 rings (SSSR count). The first kappa shape index (κ1) is 30.7. The molecule has 2 aliphatic heterocycles. The molecule has 1 saturated heterocycles. The summed E-state index contributed by atoms with van der Waals surface area (Å²) in [6.45, 7) is 1.79. The quantitative estimate of drug-likeness (QED) is 0.192. The first-order chi connectivity index (χ1) is 22.6. The van der Waals surface area contributed by atoms with Crippen LogP contribution in [0.2, 0.25) is 10.0 Å². The average molecular weight is 688 g/mol. The van der Waals surface area contributed by atoms with Gasteiger partial charge in [-0.1, -0.05) is 59.6 Å². The number of benzene rings is 4. The first-order valence-corrected chi connectivity index (χ1v) is 16.9. The summed E-state index contributed by atoms with van der Waals surface area (Å²) in [6, 6.07) is 28.7. The minimum Gasteiger partial charge on any atom is -0.493 e. The molecule has 3 heterocycles. The van der Waals surface area contributed by atoms with Gasteiger partial charge in [0.05, 0.1) is 29.1 Å². The lowest BCUT2D eigenvalue weighted by molar-refractivity contribution is -0.120. The van der Waals surface area contributed by atoms with E-state index in [0.717, 1.165) is 56.5 Å². The molecule has 0 bridgehead atoms. The molecule has 0 radical (unpaired) electrons. The van der Waals surface area contributed by atoms with Crippen LogP contribution in [0, 0.1) is 0 Å². The van der Waals surface area contributed by atoms with E-state index in [1.807, 2.05) is 33.7 Å². The Morgan fingerprint density at radius 3 is 2.15 bits per heavy atom. The van der Waals surface area contributed by atoms with Crippen LogP contribution in [0.25, 0.3) is 28.1 Å². The van der Waals surface area contributed by atoms with Crippen LogP contribution in [0.5, 0.6) is 0 Å². The highest BCUT2D eigenvalue weighted by Gasteiger charge is 2.28. The molecule has 0 spiro atoms. The summed E-state index contributed by atoms with van der Waals surface area (Å²) in [5.41, 5.74) is 6.70. The van der Waals surface area contributed by atoms with Crippen LogP contribution in [0.3, 0.4) is 0 Å². The number of aliphatic hydroxyl groups excluding tert-OH is 1. The molecule has 238 valence electrons. The molecule has 0 aliphatic carbocycles. The Bertz CT molecular complexity index is 2120. The van der Waals surface area contributed by atoms with E-state index in [0.29, 0.717) is 40.9 Å². The van der Waals surface area contributed by atoms with Gasteiger partial charge in [-0.2, -0.15) is 8.42 Å². The predicted octanol–water partition coefficient (Wildman–Crippen LogP) is 6.05. The zero-order valence-corrected chi connectivity index (χ0v) is 27.1. The molecule has 2 aliphatic rings. The van der Waals surface area contributed by atoms with Crippen molar-refractivity contribution in [2.45, 2.75) is 6.42 Å². The minimum atomic E-state index is -3.91. The number of halogens is 2. The number of aliphatic hydroxyl groups is 1. The van der Waals surface area contributed by atoms with Crippen LogP contribution in [0.1, 0.15) is 11.4 Å². The van der Waals surface area contributed by atoms with E-state index in [-0.39, 0.29) is 5.91 Å². The number of carbonyl (C=O) groups excluding carboxylic acids is 1. The third-order valence-electron chi connectivity index (χ3n) is 8.02. The summed E-state index contributed by atoms with van der Waals surface area (Å²) < 4.78 is 29.7. The van der Waals surface area contributed by atoms with E-state index in [4.69, 9.17) is 28.2 Å². The highest BCUT2D eigenvalue weighted by Crippen LogP contribution is 2.32. The average Bonchev–Trinajstić information content (AvgIpc) is 3.59. The van der Waals surface area contributed by atoms with Crippen LogP contribution in [0.15, 0.2) is 109 Å².